The number of nitrogens with one attached hydrogen (secondary N) is 2. The van der Waals surface area contributed by atoms with E-state index in [0.29, 0.717) is 0 Å². The zero-order valence-electron chi connectivity index (χ0n) is 9.89. The highest BCUT2D eigenvalue weighted by Gasteiger charge is 2.31. The number of aromatic nitrogens is 2. The summed E-state index contributed by atoms with van der Waals surface area (Å²) in [5.74, 6) is -2.25. The van der Waals surface area contributed by atoms with Gasteiger partial charge in [0.25, 0.3) is 5.56 Å². The molecule has 3 N–H and O–H groups in total. The van der Waals surface area contributed by atoms with Crippen molar-refractivity contribution in [3.8, 4) is 18.0 Å². The van der Waals surface area contributed by atoms with Crippen LogP contribution in [-0.4, -0.2) is 15.1 Å². The van der Waals surface area contributed by atoms with Crippen LogP contribution < -0.4 is 5.56 Å². The Hall–Kier alpha value is -2.12. The van der Waals surface area contributed by atoms with E-state index in [4.69, 9.17) is 22.7 Å². The van der Waals surface area contributed by atoms with E-state index in [0.717, 1.165) is 0 Å². The van der Waals surface area contributed by atoms with E-state index in [2.05, 4.69) is 9.97 Å². The van der Waals surface area contributed by atoms with E-state index < -0.39 is 23.3 Å². The van der Waals surface area contributed by atoms with Gasteiger partial charge in [0.1, 0.15) is 5.92 Å². The Bertz CT molecular complexity index is 618. The van der Waals surface area contributed by atoms with Crippen molar-refractivity contribution in [2.24, 2.45) is 11.8 Å². The van der Waals surface area contributed by atoms with Crippen LogP contribution in [0, 0.1) is 39.3 Å². The molecular weight excluding hydrogens is 252 g/mol. The van der Waals surface area contributed by atoms with E-state index in [1.54, 1.807) is 13.8 Å². The zero-order chi connectivity index (χ0) is 13.9. The van der Waals surface area contributed by atoms with Crippen LogP contribution in [0.5, 0.6) is 5.88 Å². The molecule has 0 bridgehead atoms. The Labute approximate surface area is 109 Å². The van der Waals surface area contributed by atoms with Crippen molar-refractivity contribution in [3.63, 3.8) is 0 Å². The van der Waals surface area contributed by atoms with Crippen LogP contribution in [0.2, 0.25) is 0 Å². The number of nitriles is 2. The van der Waals surface area contributed by atoms with Crippen LogP contribution in [0.4, 0.5) is 0 Å². The highest BCUT2D eigenvalue weighted by Crippen LogP contribution is 2.33. The van der Waals surface area contributed by atoms with Gasteiger partial charge in [-0.15, -0.1) is 0 Å². The van der Waals surface area contributed by atoms with Gasteiger partial charge < -0.3 is 10.1 Å². The van der Waals surface area contributed by atoms with Crippen LogP contribution in [0.1, 0.15) is 25.3 Å². The maximum absolute atomic E-state index is 11.8. The molecule has 0 spiro atoms. The fraction of sp³-hybridized carbons (Fsp3) is 0.455. The Morgan fingerprint density at radius 2 is 1.83 bits per heavy atom. The van der Waals surface area contributed by atoms with Crippen LogP contribution in [-0.2, 0) is 0 Å². The van der Waals surface area contributed by atoms with Crippen molar-refractivity contribution in [1.29, 1.82) is 10.5 Å². The Morgan fingerprint density at radius 3 is 2.22 bits per heavy atom. The van der Waals surface area contributed by atoms with Crippen molar-refractivity contribution in [3.05, 3.63) is 20.7 Å². The number of aromatic hydroxyl groups is 1. The summed E-state index contributed by atoms with van der Waals surface area (Å²) in [7, 11) is 0. The minimum absolute atomic E-state index is 0.00535. The minimum atomic E-state index is -1.01. The highest BCUT2D eigenvalue weighted by molar-refractivity contribution is 7.71. The summed E-state index contributed by atoms with van der Waals surface area (Å²) in [6.07, 6.45) is 0. The lowest BCUT2D eigenvalue weighted by molar-refractivity contribution is 0.396. The van der Waals surface area contributed by atoms with Gasteiger partial charge in [-0.2, -0.15) is 10.5 Å². The second-order valence-corrected chi connectivity index (χ2v) is 4.58. The second kappa shape index (κ2) is 5.48. The fourth-order valence-corrected chi connectivity index (χ4v) is 2.06. The van der Waals surface area contributed by atoms with Crippen molar-refractivity contribution < 1.29 is 5.11 Å². The Kier molecular flexibility index (Phi) is 4.24. The van der Waals surface area contributed by atoms with Gasteiger partial charge in [0.2, 0.25) is 0 Å². The van der Waals surface area contributed by atoms with Crippen LogP contribution in [0.15, 0.2) is 4.79 Å². The van der Waals surface area contributed by atoms with Crippen molar-refractivity contribution >= 4 is 12.2 Å². The van der Waals surface area contributed by atoms with Gasteiger partial charge in [-0.25, -0.2) is 0 Å². The summed E-state index contributed by atoms with van der Waals surface area (Å²) in [4.78, 5) is 16.6. The molecule has 7 heteroatoms. The number of nitrogens with zero attached hydrogens (tertiary/aromatic N) is 2. The molecule has 0 saturated heterocycles. The Balaban J connectivity index is 3.52. The number of rotatable bonds is 3. The number of aromatic amines is 2. The summed E-state index contributed by atoms with van der Waals surface area (Å²) in [5, 5.41) is 27.7. The molecule has 1 atom stereocenters. The molecule has 6 nitrogen and oxygen atoms in total. The van der Waals surface area contributed by atoms with Gasteiger partial charge in [-0.3, -0.25) is 9.78 Å². The lowest BCUT2D eigenvalue weighted by Crippen LogP contribution is -2.25. The molecule has 0 aliphatic rings. The summed E-state index contributed by atoms with van der Waals surface area (Å²) < 4.78 is -0.00535. The normalized spacial score (nSPS) is 12.1. The third kappa shape index (κ3) is 2.58. The molecular formula is C11H12N4O2S. The molecule has 1 unspecified atom stereocenters. The molecule has 0 amide bonds. The van der Waals surface area contributed by atoms with Crippen molar-refractivity contribution in [2.45, 2.75) is 19.8 Å². The van der Waals surface area contributed by atoms with Gasteiger partial charge in [0.05, 0.1) is 17.7 Å². The molecule has 1 aromatic rings. The maximum Gasteiger partial charge on any atom is 0.259 e. The first-order valence-electron chi connectivity index (χ1n) is 5.27. The largest absolute Gasteiger partial charge is 0.494 e. The first-order valence-corrected chi connectivity index (χ1v) is 5.67. The van der Waals surface area contributed by atoms with E-state index in [1.165, 1.54) is 0 Å². The molecule has 1 rings (SSSR count). The van der Waals surface area contributed by atoms with Gasteiger partial charge in [0.15, 0.2) is 10.7 Å². The third-order valence-corrected chi connectivity index (χ3v) is 2.85. The molecule has 0 radical (unpaired) electrons. The van der Waals surface area contributed by atoms with E-state index in [9.17, 15) is 9.90 Å². The summed E-state index contributed by atoms with van der Waals surface area (Å²) in [6, 6.07) is 3.67. The summed E-state index contributed by atoms with van der Waals surface area (Å²) in [6.45, 7) is 3.54. The summed E-state index contributed by atoms with van der Waals surface area (Å²) >= 11 is 4.72. The lowest BCUT2D eigenvalue weighted by atomic mass is 9.80. The molecule has 0 aliphatic carbocycles. The SMILES string of the molecule is CC(C)C(c1c(O)[nH]c(=S)[nH]c1=O)C(C#N)C#N. The lowest BCUT2D eigenvalue weighted by Gasteiger charge is -2.21. The molecule has 18 heavy (non-hydrogen) atoms. The molecule has 0 fully saturated rings. The fourth-order valence-electron chi connectivity index (χ4n) is 1.87. The third-order valence-electron chi connectivity index (χ3n) is 2.65. The average Bonchev–Trinajstić information content (AvgIpc) is 2.26. The molecule has 0 saturated carbocycles. The van der Waals surface area contributed by atoms with E-state index in [-0.39, 0.29) is 16.3 Å². The van der Waals surface area contributed by atoms with Gasteiger partial charge in [0, 0.05) is 5.92 Å². The molecule has 0 aromatic carbocycles. The van der Waals surface area contributed by atoms with Crippen molar-refractivity contribution in [1.82, 2.24) is 9.97 Å². The van der Waals surface area contributed by atoms with Crippen LogP contribution in [0.3, 0.4) is 0 Å². The second-order valence-electron chi connectivity index (χ2n) is 4.18. The number of H-pyrrole nitrogens is 2. The number of hydrogen-bond donors (Lipinski definition) is 3. The average molecular weight is 264 g/mol. The van der Waals surface area contributed by atoms with Crippen LogP contribution >= 0.6 is 12.2 Å². The van der Waals surface area contributed by atoms with E-state index in [1.807, 2.05) is 12.1 Å². The van der Waals surface area contributed by atoms with Gasteiger partial charge in [-0.1, -0.05) is 13.8 Å². The topological polar surface area (TPSA) is 116 Å². The minimum Gasteiger partial charge on any atom is -0.494 e. The summed E-state index contributed by atoms with van der Waals surface area (Å²) in [5.41, 5.74) is -0.586. The monoisotopic (exact) mass is 264 g/mol. The smallest absolute Gasteiger partial charge is 0.259 e. The zero-order valence-corrected chi connectivity index (χ0v) is 10.7. The van der Waals surface area contributed by atoms with Crippen LogP contribution in [0.25, 0.3) is 0 Å². The highest BCUT2D eigenvalue weighted by atomic mass is 32.1. The van der Waals surface area contributed by atoms with Gasteiger partial charge >= 0.3 is 0 Å². The first-order chi connectivity index (χ1) is 8.42. The van der Waals surface area contributed by atoms with Crippen molar-refractivity contribution in [2.75, 3.05) is 0 Å². The van der Waals surface area contributed by atoms with Gasteiger partial charge in [-0.05, 0) is 18.1 Å². The predicted octanol–water partition coefficient (Wildman–Crippen LogP) is 1.54. The molecule has 94 valence electrons. The Morgan fingerprint density at radius 1 is 1.28 bits per heavy atom. The predicted molar refractivity (Wildman–Crippen MR) is 66.2 cm³/mol. The maximum atomic E-state index is 11.8. The first kappa shape index (κ1) is 13.9. The number of hydrogen-bond acceptors (Lipinski definition) is 5. The standard InChI is InChI=1S/C11H12N4O2S/c1-5(2)7(6(3-12)4-13)8-9(16)14-11(18)15-10(8)17/h5-7H,1-2H3,(H3,14,15,16,17,18). The molecule has 1 aromatic heterocycles. The van der Waals surface area contributed by atoms with E-state index >= 15 is 0 Å². The molecule has 0 aliphatic heterocycles. The molecule has 1 heterocycles. The quantitative estimate of drug-likeness (QED) is 0.716.